The highest BCUT2D eigenvalue weighted by molar-refractivity contribution is 6.93. The van der Waals surface area contributed by atoms with Crippen molar-refractivity contribution in [1.29, 1.82) is 0 Å². The number of hydrogen-bond acceptors (Lipinski definition) is 8. The molecule has 3 amide bonds. The van der Waals surface area contributed by atoms with Crippen LogP contribution < -0.4 is 5.32 Å². The Balaban J connectivity index is 0. The smallest absolute Gasteiger partial charge is 0.410 e. The number of rotatable bonds is 5. The summed E-state index contributed by atoms with van der Waals surface area (Å²) in [6, 6.07) is 2.03. The highest BCUT2D eigenvalue weighted by Gasteiger charge is 2.29. The third kappa shape index (κ3) is 22.9. The number of nitrogens with zero attached hydrogens (tertiary/aromatic N) is 4. The fraction of sp³-hybridized carbons (Fsp3) is 0.875. The molecule has 11 nitrogen and oxygen atoms in total. The molecule has 0 saturated carbocycles. The number of likely N-dealkylation sites (tertiary alicyclic amines) is 2. The minimum Gasteiger partial charge on any atom is -0.444 e. The van der Waals surface area contributed by atoms with Gasteiger partial charge >= 0.3 is 22.3 Å². The number of carbonyl (C=O) groups excluding carboxylic acids is 4. The molecule has 0 spiro atoms. The Kier molecular flexibility index (Phi) is 23.2. The van der Waals surface area contributed by atoms with Gasteiger partial charge in [0.1, 0.15) is 11.2 Å². The molecule has 0 aromatic rings. The van der Waals surface area contributed by atoms with Crippen molar-refractivity contribution in [2.24, 2.45) is 0 Å². The van der Waals surface area contributed by atoms with Gasteiger partial charge in [-0.1, -0.05) is 6.92 Å². The van der Waals surface area contributed by atoms with E-state index in [0.717, 1.165) is 45.3 Å². The Labute approximate surface area is 293 Å². The highest BCUT2D eigenvalue weighted by Crippen LogP contribution is 2.19. The largest absolute Gasteiger partial charge is 0.444 e. The van der Waals surface area contributed by atoms with Crippen LogP contribution in [0.4, 0.5) is 19.2 Å². The molecular formula is C32H62Cl3N5O6. The molecule has 2 heterocycles. The van der Waals surface area contributed by atoms with Gasteiger partial charge in [0.2, 0.25) is 0 Å². The van der Waals surface area contributed by atoms with Crippen LogP contribution in [-0.2, 0) is 9.47 Å². The van der Waals surface area contributed by atoms with Gasteiger partial charge in [-0.2, -0.15) is 0 Å². The van der Waals surface area contributed by atoms with Crippen molar-refractivity contribution < 1.29 is 28.7 Å². The molecular weight excluding hydrogens is 657 g/mol. The second kappa shape index (κ2) is 22.9. The van der Waals surface area contributed by atoms with Gasteiger partial charge < -0.3 is 29.5 Å². The van der Waals surface area contributed by atoms with Gasteiger partial charge in [-0.3, -0.25) is 14.5 Å². The van der Waals surface area contributed by atoms with Crippen LogP contribution >= 0.6 is 34.8 Å². The molecule has 0 bridgehead atoms. The van der Waals surface area contributed by atoms with E-state index < -0.39 is 21.3 Å². The van der Waals surface area contributed by atoms with Crippen molar-refractivity contribution in [3.05, 3.63) is 0 Å². The van der Waals surface area contributed by atoms with Crippen molar-refractivity contribution in [3.63, 3.8) is 0 Å². The Hall–Kier alpha value is -1.53. The lowest BCUT2D eigenvalue weighted by atomic mass is 10.0. The summed E-state index contributed by atoms with van der Waals surface area (Å²) >= 11 is 14.2. The molecule has 0 aliphatic carbocycles. The average Bonchev–Trinajstić information content (AvgIpc) is 2.91. The molecule has 2 aliphatic heterocycles. The number of ether oxygens (including phenoxy) is 2. The maximum Gasteiger partial charge on any atom is 0.410 e. The lowest BCUT2D eigenvalue weighted by Crippen LogP contribution is -2.47. The minimum atomic E-state index is -0.889. The van der Waals surface area contributed by atoms with Gasteiger partial charge in [0.15, 0.2) is 0 Å². The van der Waals surface area contributed by atoms with Crippen molar-refractivity contribution in [2.45, 2.75) is 137 Å². The van der Waals surface area contributed by atoms with Crippen LogP contribution in [0.3, 0.4) is 0 Å². The fourth-order valence-electron chi connectivity index (χ4n) is 4.91. The second-order valence-electron chi connectivity index (χ2n) is 13.8. The molecule has 46 heavy (non-hydrogen) atoms. The Morgan fingerprint density at radius 3 is 1.30 bits per heavy atom. The average molecular weight is 719 g/mol. The van der Waals surface area contributed by atoms with Crippen molar-refractivity contribution in [3.8, 4) is 0 Å². The predicted molar refractivity (Wildman–Crippen MR) is 189 cm³/mol. The Morgan fingerprint density at radius 2 is 1.09 bits per heavy atom. The van der Waals surface area contributed by atoms with Crippen LogP contribution in [0.5, 0.6) is 0 Å². The van der Waals surface area contributed by atoms with Gasteiger partial charge in [0, 0.05) is 57.4 Å². The molecule has 0 unspecified atom stereocenters. The van der Waals surface area contributed by atoms with E-state index in [9.17, 15) is 14.4 Å². The molecule has 0 aromatic heterocycles. The van der Waals surface area contributed by atoms with E-state index in [4.69, 9.17) is 25.9 Å². The van der Waals surface area contributed by atoms with E-state index in [1.807, 2.05) is 48.6 Å². The maximum atomic E-state index is 11.8. The van der Waals surface area contributed by atoms with Crippen LogP contribution in [0.15, 0.2) is 0 Å². The number of nitrogens with one attached hydrogen (secondary N) is 1. The fourth-order valence-corrected chi connectivity index (χ4v) is 5.05. The monoisotopic (exact) mass is 717 g/mol. The molecule has 14 heteroatoms. The number of piperidine rings is 2. The first kappa shape index (κ1) is 46.6. The standard InChI is InChI=1S/C12H21ClN2O3.C11H22N2O2.C8H19N.CCl2O/c1-12(2,3)18-11(17)15-7-5-9(6-8-15)14(4)10(13)16;1-11(2,3)15-10(14)13-7-5-9(12-4)6-8-13;1-6-9(7(2)3)8(4)5;2-1(3)4/h9H,5-8H2,1-4H3;9,12H,5-8H2,1-4H3;7-8H,6H2,1-5H3;. The molecule has 272 valence electrons. The van der Waals surface area contributed by atoms with E-state index in [1.165, 1.54) is 4.90 Å². The quantitative estimate of drug-likeness (QED) is 0.225. The molecule has 0 atom stereocenters. The zero-order valence-corrected chi connectivity index (χ0v) is 32.8. The molecule has 2 aliphatic rings. The van der Waals surface area contributed by atoms with Crippen molar-refractivity contribution >= 4 is 57.1 Å². The molecule has 0 aromatic carbocycles. The Bertz CT molecular complexity index is 884. The molecule has 2 saturated heterocycles. The number of halogens is 3. The third-order valence-corrected chi connectivity index (χ3v) is 7.45. The molecule has 2 rings (SSSR count). The minimum absolute atomic E-state index is 0.105. The summed E-state index contributed by atoms with van der Waals surface area (Å²) in [5.74, 6) is 0. The maximum absolute atomic E-state index is 11.8. The topological polar surface area (TPSA) is 112 Å². The number of hydrogen-bond donors (Lipinski definition) is 1. The van der Waals surface area contributed by atoms with Gasteiger partial charge in [0.25, 0.3) is 0 Å². The molecule has 2 fully saturated rings. The van der Waals surface area contributed by atoms with Crippen LogP contribution in [0.25, 0.3) is 0 Å². The summed E-state index contributed by atoms with van der Waals surface area (Å²) in [6.45, 7) is 26.3. The van der Waals surface area contributed by atoms with E-state index in [2.05, 4.69) is 68.0 Å². The lowest BCUT2D eigenvalue weighted by Gasteiger charge is -2.36. The normalized spacial score (nSPS) is 16.0. The zero-order valence-electron chi connectivity index (χ0n) is 30.5. The summed E-state index contributed by atoms with van der Waals surface area (Å²) in [5, 5.41) is 2.78. The number of carbonyl (C=O) groups is 4. The molecule has 0 radical (unpaired) electrons. The van der Waals surface area contributed by atoms with Gasteiger partial charge in [-0.25, -0.2) is 9.59 Å². The summed E-state index contributed by atoms with van der Waals surface area (Å²) in [7, 11) is 3.65. The van der Waals surface area contributed by atoms with Crippen LogP contribution in [0.2, 0.25) is 0 Å². The first-order valence-electron chi connectivity index (χ1n) is 16.1. The first-order chi connectivity index (χ1) is 20.9. The lowest BCUT2D eigenvalue weighted by molar-refractivity contribution is 0.0171. The first-order valence-corrected chi connectivity index (χ1v) is 17.2. The summed E-state index contributed by atoms with van der Waals surface area (Å²) in [4.78, 5) is 51.0. The van der Waals surface area contributed by atoms with E-state index in [1.54, 1.807) is 16.8 Å². The predicted octanol–water partition coefficient (Wildman–Crippen LogP) is 7.99. The van der Waals surface area contributed by atoms with Gasteiger partial charge in [-0.05, 0) is 143 Å². The van der Waals surface area contributed by atoms with Crippen LogP contribution in [-0.4, -0.2) is 124 Å². The SMILES string of the molecule is CCN(C(C)C)C(C)C.CN(C(=O)Cl)C1CCN(C(=O)OC(C)(C)C)CC1.CNC1CCN(C(=O)OC(C)(C)C)CC1.O=C(Cl)Cl. The van der Waals surface area contributed by atoms with Crippen LogP contribution in [0, 0.1) is 0 Å². The summed E-state index contributed by atoms with van der Waals surface area (Å²) < 4.78 is 9.72. The summed E-state index contributed by atoms with van der Waals surface area (Å²) in [6.07, 6.45) is 3.01. The molecule has 1 N–H and O–H groups in total. The highest BCUT2D eigenvalue weighted by atomic mass is 35.5. The summed E-state index contributed by atoms with van der Waals surface area (Å²) in [5.41, 5.74) is -0.867. The van der Waals surface area contributed by atoms with E-state index in [0.29, 0.717) is 31.2 Å². The second-order valence-corrected chi connectivity index (χ2v) is 15.0. The van der Waals surface area contributed by atoms with Crippen molar-refractivity contribution in [2.75, 3.05) is 46.8 Å². The van der Waals surface area contributed by atoms with E-state index in [-0.39, 0.29) is 18.2 Å². The van der Waals surface area contributed by atoms with Gasteiger partial charge in [0.05, 0.1) is 0 Å². The Morgan fingerprint density at radius 1 is 0.761 bits per heavy atom. The van der Waals surface area contributed by atoms with Crippen LogP contribution in [0.1, 0.15) is 102 Å². The van der Waals surface area contributed by atoms with E-state index >= 15 is 0 Å². The zero-order chi connectivity index (χ0) is 36.4. The third-order valence-electron chi connectivity index (χ3n) is 7.19. The number of amides is 3. The van der Waals surface area contributed by atoms with Gasteiger partial charge in [-0.15, -0.1) is 0 Å². The van der Waals surface area contributed by atoms with Crippen molar-refractivity contribution in [1.82, 2.24) is 24.9 Å².